The largest absolute Gasteiger partial charge is 0.459 e. The second kappa shape index (κ2) is 8.10. The molecule has 1 heterocycles. The second-order valence-electron chi connectivity index (χ2n) is 6.90. The van der Waals surface area contributed by atoms with Gasteiger partial charge in [-0.05, 0) is 43.2 Å². The van der Waals surface area contributed by atoms with Crippen LogP contribution in [0.25, 0.3) is 0 Å². The number of piperidine rings is 1. The number of ether oxygens (including phenoxy) is 1. The van der Waals surface area contributed by atoms with E-state index in [9.17, 15) is 17.6 Å². The van der Waals surface area contributed by atoms with Crippen LogP contribution in [0.5, 0.6) is 5.75 Å². The van der Waals surface area contributed by atoms with Gasteiger partial charge in [-0.1, -0.05) is 12.1 Å². The lowest BCUT2D eigenvalue weighted by Gasteiger charge is -2.38. The van der Waals surface area contributed by atoms with Gasteiger partial charge in [0.15, 0.2) is 0 Å². The molecule has 0 aromatic heterocycles. The number of alkyl halides is 1. The third-order valence-electron chi connectivity index (χ3n) is 5.10. The van der Waals surface area contributed by atoms with Gasteiger partial charge in [0.1, 0.15) is 5.75 Å². The van der Waals surface area contributed by atoms with E-state index in [4.69, 9.17) is 10.5 Å². The van der Waals surface area contributed by atoms with E-state index in [2.05, 4.69) is 0 Å². The third kappa shape index (κ3) is 4.66. The molecule has 0 radical (unpaired) electrons. The first-order chi connectivity index (χ1) is 11.8. The molecule has 1 aliphatic heterocycles. The van der Waals surface area contributed by atoms with Crippen molar-refractivity contribution in [2.75, 3.05) is 19.3 Å². The van der Waals surface area contributed by atoms with Crippen molar-refractivity contribution in [2.45, 2.75) is 25.6 Å². The van der Waals surface area contributed by atoms with Crippen LogP contribution in [0.1, 0.15) is 29.6 Å². The molecule has 6 nitrogen and oxygen atoms in total. The molecule has 2 N–H and O–H groups in total. The first-order valence-corrected chi connectivity index (χ1v) is 10.3. The fourth-order valence-corrected chi connectivity index (χ4v) is 4.48. The Morgan fingerprint density at radius 3 is 2.54 bits per heavy atom. The molecule has 26 heavy (non-hydrogen) atoms. The molecule has 1 aromatic rings. The molecule has 1 aromatic carbocycles. The predicted octanol–water partition coefficient (Wildman–Crippen LogP) is 2.19. The van der Waals surface area contributed by atoms with Crippen LogP contribution in [0.4, 0.5) is 4.39 Å². The first-order valence-electron chi connectivity index (χ1n) is 8.42. The first kappa shape index (κ1) is 20.9. The van der Waals surface area contributed by atoms with Crippen molar-refractivity contribution in [2.24, 2.45) is 23.5 Å². The van der Waals surface area contributed by atoms with Crippen LogP contribution >= 0.6 is 12.4 Å². The van der Waals surface area contributed by atoms with Gasteiger partial charge in [0.25, 0.3) is 5.91 Å². The van der Waals surface area contributed by atoms with Crippen molar-refractivity contribution in [3.63, 3.8) is 0 Å². The highest BCUT2D eigenvalue weighted by Crippen LogP contribution is 2.46. The Bertz CT molecular complexity index is 757. The van der Waals surface area contributed by atoms with Crippen LogP contribution in [0.15, 0.2) is 24.3 Å². The average molecular weight is 407 g/mol. The average Bonchev–Trinajstić information content (AvgIpc) is 3.38. The van der Waals surface area contributed by atoms with Crippen LogP contribution in [0, 0.1) is 17.8 Å². The summed E-state index contributed by atoms with van der Waals surface area (Å²) in [6, 6.07) is 6.30. The van der Waals surface area contributed by atoms with E-state index in [0.717, 1.165) is 12.8 Å². The van der Waals surface area contributed by atoms with E-state index in [0.29, 0.717) is 18.9 Å². The highest BCUT2D eigenvalue weighted by molar-refractivity contribution is 7.88. The Kier molecular flexibility index (Phi) is 6.52. The summed E-state index contributed by atoms with van der Waals surface area (Å²) in [4.78, 5) is 11.5. The molecule has 0 bridgehead atoms. The van der Waals surface area contributed by atoms with Crippen molar-refractivity contribution < 1.29 is 22.3 Å². The molecule has 2 fully saturated rings. The Hall–Kier alpha value is -1.38. The zero-order valence-corrected chi connectivity index (χ0v) is 16.1. The Morgan fingerprint density at radius 1 is 1.31 bits per heavy atom. The maximum absolute atomic E-state index is 14.9. The molecular formula is C17H24ClFN2O4S. The highest BCUT2D eigenvalue weighted by Gasteiger charge is 2.45. The number of halogens is 2. The lowest BCUT2D eigenvalue weighted by molar-refractivity contribution is -0.0386. The lowest BCUT2D eigenvalue weighted by atomic mass is 9.83. The summed E-state index contributed by atoms with van der Waals surface area (Å²) in [7, 11) is -3.28. The monoisotopic (exact) mass is 406 g/mol. The van der Waals surface area contributed by atoms with E-state index >= 15 is 0 Å². The van der Waals surface area contributed by atoms with Crippen LogP contribution < -0.4 is 10.5 Å². The summed E-state index contributed by atoms with van der Waals surface area (Å²) in [5, 5.41) is 0. The molecule has 1 aliphatic carbocycles. The highest BCUT2D eigenvalue weighted by atomic mass is 35.5. The van der Waals surface area contributed by atoms with Crippen molar-refractivity contribution >= 4 is 28.3 Å². The van der Waals surface area contributed by atoms with E-state index < -0.39 is 28.2 Å². The number of para-hydroxylation sites is 1. The van der Waals surface area contributed by atoms with Gasteiger partial charge in [0, 0.05) is 19.0 Å². The number of amides is 1. The number of hydrogen-bond donors (Lipinski definition) is 1. The van der Waals surface area contributed by atoms with Gasteiger partial charge in [-0.25, -0.2) is 17.1 Å². The number of carbonyl (C=O) groups is 1. The summed E-state index contributed by atoms with van der Waals surface area (Å²) < 4.78 is 45.4. The van der Waals surface area contributed by atoms with E-state index in [1.165, 1.54) is 22.7 Å². The van der Waals surface area contributed by atoms with E-state index in [-0.39, 0.29) is 36.2 Å². The fraction of sp³-hybridized carbons (Fsp3) is 0.588. The maximum Gasteiger partial charge on any atom is 0.252 e. The minimum Gasteiger partial charge on any atom is -0.459 e. The van der Waals surface area contributed by atoms with Crippen LogP contribution in [-0.4, -0.2) is 44.3 Å². The molecule has 3 atom stereocenters. The number of rotatable bonds is 6. The Balaban J connectivity index is 0.00000243. The molecule has 3 unspecified atom stereocenters. The number of primary amides is 1. The predicted molar refractivity (Wildman–Crippen MR) is 98.5 cm³/mol. The summed E-state index contributed by atoms with van der Waals surface area (Å²) in [6.07, 6.45) is 1.96. The van der Waals surface area contributed by atoms with Gasteiger partial charge in [-0.2, -0.15) is 0 Å². The van der Waals surface area contributed by atoms with Gasteiger partial charge < -0.3 is 10.5 Å². The molecule has 0 spiro atoms. The van der Waals surface area contributed by atoms with Crippen LogP contribution in [-0.2, 0) is 10.0 Å². The van der Waals surface area contributed by atoms with Crippen molar-refractivity contribution in [1.29, 1.82) is 0 Å². The lowest BCUT2D eigenvalue weighted by Crippen LogP contribution is -2.47. The summed E-state index contributed by atoms with van der Waals surface area (Å²) in [6.45, 7) is 0.614. The van der Waals surface area contributed by atoms with Gasteiger partial charge in [0.2, 0.25) is 16.4 Å². The van der Waals surface area contributed by atoms with E-state index in [1.807, 2.05) is 0 Å². The number of sulfonamides is 1. The van der Waals surface area contributed by atoms with Gasteiger partial charge in [-0.15, -0.1) is 12.4 Å². The number of nitrogens with two attached hydrogens (primary N) is 1. The molecule has 3 rings (SSSR count). The third-order valence-corrected chi connectivity index (χ3v) is 6.37. The Labute approximate surface area is 159 Å². The van der Waals surface area contributed by atoms with Crippen molar-refractivity contribution in [3.05, 3.63) is 29.8 Å². The maximum atomic E-state index is 14.9. The number of nitrogens with zero attached hydrogens (tertiary/aromatic N) is 1. The molecule has 1 saturated heterocycles. The zero-order chi connectivity index (χ0) is 18.2. The normalized spacial score (nSPS) is 25.2. The Morgan fingerprint density at radius 2 is 1.96 bits per heavy atom. The van der Waals surface area contributed by atoms with Crippen molar-refractivity contribution in [1.82, 2.24) is 4.31 Å². The summed E-state index contributed by atoms with van der Waals surface area (Å²) in [5.74, 6) is -0.676. The molecule has 9 heteroatoms. The van der Waals surface area contributed by atoms with Crippen LogP contribution in [0.3, 0.4) is 0 Å². The molecule has 2 aliphatic rings. The minimum atomic E-state index is -3.28. The van der Waals surface area contributed by atoms with Gasteiger partial charge in [-0.3, -0.25) is 4.79 Å². The SMILES string of the molecule is CS(=O)(=O)N1CCC(C(F)Oc2ccccc2C(N)=O)C(C2CC2)C1.Cl. The smallest absolute Gasteiger partial charge is 0.252 e. The fourth-order valence-electron chi connectivity index (χ4n) is 3.60. The van der Waals surface area contributed by atoms with Gasteiger partial charge in [0.05, 0.1) is 11.8 Å². The number of hydrogen-bond acceptors (Lipinski definition) is 4. The quantitative estimate of drug-likeness (QED) is 0.784. The minimum absolute atomic E-state index is 0. The van der Waals surface area contributed by atoms with E-state index in [1.54, 1.807) is 12.1 Å². The molecule has 1 amide bonds. The zero-order valence-electron chi connectivity index (χ0n) is 14.5. The van der Waals surface area contributed by atoms with Crippen LogP contribution in [0.2, 0.25) is 0 Å². The second-order valence-corrected chi connectivity index (χ2v) is 8.89. The van der Waals surface area contributed by atoms with Crippen molar-refractivity contribution in [3.8, 4) is 5.75 Å². The molecule has 146 valence electrons. The molecule has 1 saturated carbocycles. The molecular weight excluding hydrogens is 383 g/mol. The standard InChI is InChI=1S/C17H23FN2O4S.ClH/c1-25(22,23)20-9-8-12(14(10-20)11-6-7-11)16(18)24-15-5-3-2-4-13(15)17(19)21;/h2-5,11-12,14,16H,6-10H2,1H3,(H2,19,21);1H. The number of benzene rings is 1. The topological polar surface area (TPSA) is 89.7 Å². The summed E-state index contributed by atoms with van der Waals surface area (Å²) in [5.41, 5.74) is 5.45. The number of carbonyl (C=O) groups excluding carboxylic acids is 1. The van der Waals surface area contributed by atoms with Gasteiger partial charge >= 0.3 is 0 Å². The summed E-state index contributed by atoms with van der Waals surface area (Å²) >= 11 is 0.